The molecule has 0 aromatic heterocycles. The molecule has 0 atom stereocenters. The summed E-state index contributed by atoms with van der Waals surface area (Å²) in [6.07, 6.45) is 0. The van der Waals surface area contributed by atoms with Crippen molar-refractivity contribution in [1.82, 2.24) is 0 Å². The van der Waals surface area contributed by atoms with Gasteiger partial charge >= 0.3 is 33.0 Å². The van der Waals surface area contributed by atoms with E-state index in [2.05, 4.69) is 11.5 Å². The minimum atomic E-state index is -2.87. The maximum absolute atomic E-state index is 8.70. The summed E-state index contributed by atoms with van der Waals surface area (Å²) in [7, 11) is -11.5. The number of rotatable bonds is 0. The van der Waals surface area contributed by atoms with Gasteiger partial charge in [0.15, 0.2) is 0 Å². The molecule has 0 aliphatic heterocycles. The van der Waals surface area contributed by atoms with Crippen LogP contribution in [0.15, 0.2) is 0 Å². The monoisotopic (exact) mass is 370 g/mol. The molecule has 0 saturated carbocycles. The Labute approximate surface area is 109 Å². The summed E-state index contributed by atoms with van der Waals surface area (Å²) in [5.74, 6) is 0. The summed E-state index contributed by atoms with van der Waals surface area (Å²) >= 11 is 0. The van der Waals surface area contributed by atoms with Crippen LogP contribution in [-0.2, 0) is 18.3 Å². The molecule has 0 radical (unpaired) electrons. The Morgan fingerprint density at radius 2 is 0.526 bits per heavy atom. The van der Waals surface area contributed by atoms with Crippen molar-refractivity contribution in [2.75, 3.05) is 6.67 Å². The molecule has 0 fully saturated rings. The van der Waals surface area contributed by atoms with Crippen LogP contribution in [0.3, 0.4) is 0 Å². The fourth-order valence-corrected chi connectivity index (χ4v) is 0. The van der Waals surface area contributed by atoms with Crippen LogP contribution in [0.25, 0.3) is 0 Å². The van der Waals surface area contributed by atoms with Crippen molar-refractivity contribution in [3.63, 3.8) is 0 Å². The lowest BCUT2D eigenvalue weighted by atomic mass is 11.3. The average Bonchev–Trinajstić information content (AvgIpc) is 1.97. The van der Waals surface area contributed by atoms with Crippen molar-refractivity contribution in [2.24, 2.45) is 11.5 Å². The minimum Gasteiger partial charge on any atom is -0.319 e. The summed E-state index contributed by atoms with van der Waals surface area (Å²) in [6.45, 7) is 0.250. The van der Waals surface area contributed by atoms with E-state index >= 15 is 0 Å². The van der Waals surface area contributed by atoms with Crippen LogP contribution in [0.1, 0.15) is 0 Å². The molecular formula is CH14N2O12P4+4. The Morgan fingerprint density at radius 1 is 0.526 bits per heavy atom. The first-order chi connectivity index (χ1) is 8.34. The van der Waals surface area contributed by atoms with Crippen molar-refractivity contribution in [3.05, 3.63) is 0 Å². The van der Waals surface area contributed by atoms with Crippen molar-refractivity contribution in [2.45, 2.75) is 0 Å². The highest BCUT2D eigenvalue weighted by molar-refractivity contribution is 7.31. The second kappa shape index (κ2) is 30.8. The zero-order valence-corrected chi connectivity index (χ0v) is 12.4. The smallest absolute Gasteiger partial charge is 0.319 e. The molecule has 12 N–H and O–H groups in total. The summed E-state index contributed by atoms with van der Waals surface area (Å²) in [6, 6.07) is 0. The topological polar surface area (TPSA) is 282 Å². The molecule has 0 amide bonds. The van der Waals surface area contributed by atoms with E-state index in [0.717, 1.165) is 0 Å². The van der Waals surface area contributed by atoms with E-state index in [1.807, 2.05) is 0 Å². The van der Waals surface area contributed by atoms with E-state index in [9.17, 15) is 0 Å². The second-order valence-electron chi connectivity index (χ2n) is 1.25. The molecule has 0 rings (SSSR count). The van der Waals surface area contributed by atoms with Crippen LogP contribution in [0.2, 0.25) is 0 Å². The molecule has 19 heavy (non-hydrogen) atoms. The van der Waals surface area contributed by atoms with Gasteiger partial charge < -0.3 is 11.5 Å². The van der Waals surface area contributed by atoms with Gasteiger partial charge in [-0.15, -0.1) is 39.1 Å². The molecule has 0 unspecified atom stereocenters. The van der Waals surface area contributed by atoms with E-state index < -0.39 is 33.0 Å². The highest BCUT2D eigenvalue weighted by atomic mass is 31.1. The number of nitrogens with two attached hydrogens (primary N) is 2. The SMILES string of the molecule is NCN.O=[P+](O)O.O=[P+](O)O.O=[P+](O)O.O=[P+](O)O. The van der Waals surface area contributed by atoms with Gasteiger partial charge in [-0.05, 0) is 0 Å². The molecule has 0 spiro atoms. The maximum atomic E-state index is 8.70. The molecule has 0 aromatic rings. The first-order valence-corrected chi connectivity index (χ1v) is 7.81. The van der Waals surface area contributed by atoms with Crippen LogP contribution in [-0.4, -0.2) is 45.8 Å². The molecule has 0 saturated heterocycles. The van der Waals surface area contributed by atoms with Gasteiger partial charge in [0.1, 0.15) is 0 Å². The quantitative estimate of drug-likeness (QED) is 0.154. The largest absolute Gasteiger partial charge is 0.692 e. The van der Waals surface area contributed by atoms with Gasteiger partial charge in [-0.2, -0.15) is 0 Å². The van der Waals surface area contributed by atoms with Gasteiger partial charge in [0.25, 0.3) is 0 Å². The van der Waals surface area contributed by atoms with Crippen molar-refractivity contribution >= 4 is 33.0 Å². The van der Waals surface area contributed by atoms with Crippen LogP contribution in [0.4, 0.5) is 0 Å². The van der Waals surface area contributed by atoms with Crippen LogP contribution >= 0.6 is 33.0 Å². The van der Waals surface area contributed by atoms with Gasteiger partial charge in [-0.1, -0.05) is 0 Å². The number of hydrogen-bond acceptors (Lipinski definition) is 6. The maximum Gasteiger partial charge on any atom is 0.692 e. The van der Waals surface area contributed by atoms with Crippen molar-refractivity contribution in [1.29, 1.82) is 0 Å². The average molecular weight is 370 g/mol. The normalized spacial score (nSPS) is 6.42. The molecular weight excluding hydrogens is 356 g/mol. The molecule has 14 nitrogen and oxygen atoms in total. The van der Waals surface area contributed by atoms with Gasteiger partial charge in [-0.25, -0.2) is 0 Å². The summed E-state index contributed by atoms with van der Waals surface area (Å²) in [5.41, 5.74) is 9.25. The van der Waals surface area contributed by atoms with Gasteiger partial charge in [0, 0.05) is 24.9 Å². The third-order valence-electron chi connectivity index (χ3n) is 0. The summed E-state index contributed by atoms with van der Waals surface area (Å²) in [4.78, 5) is 57.0. The van der Waals surface area contributed by atoms with Gasteiger partial charge in [0.05, 0.1) is 0 Å². The van der Waals surface area contributed by atoms with Gasteiger partial charge in [-0.3, -0.25) is 0 Å². The zero-order valence-electron chi connectivity index (χ0n) is 8.86. The van der Waals surface area contributed by atoms with Crippen LogP contribution < -0.4 is 11.5 Å². The third-order valence-corrected chi connectivity index (χ3v) is 0. The van der Waals surface area contributed by atoms with Crippen molar-refractivity contribution in [3.8, 4) is 0 Å². The first-order valence-electron chi connectivity index (χ1n) is 3.15. The zero-order chi connectivity index (χ0) is 17.0. The van der Waals surface area contributed by atoms with E-state index in [-0.39, 0.29) is 6.67 Å². The second-order valence-corrected chi connectivity index (χ2v) is 3.27. The van der Waals surface area contributed by atoms with Crippen LogP contribution in [0.5, 0.6) is 0 Å². The van der Waals surface area contributed by atoms with E-state index in [4.69, 9.17) is 57.4 Å². The third kappa shape index (κ3) is 198000000000000001906032286109794304. The molecule has 0 bridgehead atoms. The Bertz CT molecular complexity index is 180. The Kier molecular flexibility index (Phi) is 50.9. The lowest BCUT2D eigenvalue weighted by Gasteiger charge is -1.56. The van der Waals surface area contributed by atoms with Gasteiger partial charge in [0.2, 0.25) is 0 Å². The van der Waals surface area contributed by atoms with E-state index in [1.165, 1.54) is 0 Å². The van der Waals surface area contributed by atoms with E-state index in [1.54, 1.807) is 0 Å². The lowest BCUT2D eigenvalue weighted by molar-refractivity contribution is 0.403. The van der Waals surface area contributed by atoms with Crippen molar-refractivity contribution < 1.29 is 57.4 Å². The highest BCUT2D eigenvalue weighted by Crippen LogP contribution is 1.99. The standard InChI is InChI=1S/CH6N2.4HO3P/c2-1-3;4*1-4(2)3/h1-3H2;4*(H-,1,2,3)/p+4. The fourth-order valence-electron chi connectivity index (χ4n) is 0. The Balaban J connectivity index is -0.0000000432. The lowest BCUT2D eigenvalue weighted by Crippen LogP contribution is -2.08. The highest BCUT2D eigenvalue weighted by Gasteiger charge is 1.94. The molecule has 18 heteroatoms. The minimum absolute atomic E-state index is 0.250. The first kappa shape index (κ1) is 31.4. The molecule has 0 aliphatic carbocycles. The summed E-state index contributed by atoms with van der Waals surface area (Å²) < 4.78 is 34.8. The molecule has 0 heterocycles. The van der Waals surface area contributed by atoms with Crippen LogP contribution in [0, 0.1) is 0 Å². The molecule has 0 aliphatic rings. The molecule has 0 aromatic carbocycles. The molecule has 116 valence electrons. The van der Waals surface area contributed by atoms with E-state index in [0.29, 0.717) is 0 Å². The predicted octanol–water partition coefficient (Wildman–Crippen LogP) is -2.63. The Morgan fingerprint density at radius 3 is 0.526 bits per heavy atom. The predicted molar refractivity (Wildman–Crippen MR) is 61.4 cm³/mol. The number of hydrogen-bond donors (Lipinski definition) is 10. The summed E-state index contributed by atoms with van der Waals surface area (Å²) in [5, 5.41) is 0. The Hall–Kier alpha value is -0.000000000000000153. The fraction of sp³-hybridized carbons (Fsp3) is 1.00.